The molecule has 1 aliphatic rings. The summed E-state index contributed by atoms with van der Waals surface area (Å²) in [5.41, 5.74) is 4.37. The zero-order chi connectivity index (χ0) is 27.8. The molecule has 40 heavy (non-hydrogen) atoms. The van der Waals surface area contributed by atoms with Gasteiger partial charge in [0, 0.05) is 11.3 Å². The van der Waals surface area contributed by atoms with E-state index in [9.17, 15) is 9.59 Å². The van der Waals surface area contributed by atoms with Gasteiger partial charge in [-0.3, -0.25) is 14.2 Å². The number of nitrogens with zero attached hydrogens (tertiary/aromatic N) is 4. The normalized spacial score (nSPS) is 15.1. The maximum atomic E-state index is 14.0. The van der Waals surface area contributed by atoms with E-state index >= 15 is 0 Å². The fourth-order valence-electron chi connectivity index (χ4n) is 4.83. The zero-order valence-corrected chi connectivity index (χ0v) is 23.3. The monoisotopic (exact) mass is 565 g/mol. The molecule has 5 aromatic rings. The summed E-state index contributed by atoms with van der Waals surface area (Å²) < 4.78 is 3.71. The number of allylic oxidation sites excluding steroid dienone is 1. The summed E-state index contributed by atoms with van der Waals surface area (Å²) in [4.78, 5) is 32.9. The molecule has 0 fully saturated rings. The van der Waals surface area contributed by atoms with Gasteiger partial charge in [0.05, 0.1) is 33.2 Å². The smallest absolute Gasteiger partial charge is 0.271 e. The Labute approximate surface area is 239 Å². The van der Waals surface area contributed by atoms with Gasteiger partial charge >= 0.3 is 0 Å². The summed E-state index contributed by atoms with van der Waals surface area (Å²) >= 11 is 8.03. The second-order valence-corrected chi connectivity index (χ2v) is 10.7. The number of halogens is 1. The van der Waals surface area contributed by atoms with Crippen LogP contribution in [0, 0.1) is 6.92 Å². The van der Waals surface area contributed by atoms with Crippen LogP contribution < -0.4 is 20.2 Å². The first kappa shape index (κ1) is 25.7. The van der Waals surface area contributed by atoms with Gasteiger partial charge in [-0.2, -0.15) is 5.10 Å². The Kier molecular flexibility index (Phi) is 6.79. The molecule has 198 valence electrons. The van der Waals surface area contributed by atoms with Gasteiger partial charge in [0.2, 0.25) is 0 Å². The van der Waals surface area contributed by atoms with Crippen LogP contribution in [-0.4, -0.2) is 20.3 Å². The van der Waals surface area contributed by atoms with Gasteiger partial charge in [-0.25, -0.2) is 9.67 Å². The molecule has 6 rings (SSSR count). The van der Waals surface area contributed by atoms with Gasteiger partial charge in [0.1, 0.15) is 5.15 Å². The summed E-state index contributed by atoms with van der Waals surface area (Å²) in [6.45, 7) is 3.66. The number of aryl methyl sites for hydroxylation is 1. The number of anilines is 1. The third kappa shape index (κ3) is 4.61. The van der Waals surface area contributed by atoms with E-state index in [0.29, 0.717) is 42.7 Å². The molecule has 0 spiro atoms. The molecule has 1 aliphatic heterocycles. The lowest BCUT2D eigenvalue weighted by molar-refractivity contribution is -0.113. The first-order chi connectivity index (χ1) is 19.4. The number of hydrogen-bond acceptors (Lipinski definition) is 5. The SMILES string of the molecule is CC1=C(C(=O)Nc2ccccc2)[C@H](c2ccccc2)n2c(sc(=Cc3c(C)nn(-c4ccccc4)c3Cl)c2=O)=N1. The number of carbonyl (C=O) groups is 1. The molecule has 9 heteroatoms. The number of aromatic nitrogens is 3. The van der Waals surface area contributed by atoms with E-state index in [1.807, 2.05) is 97.9 Å². The Morgan fingerprint density at radius 3 is 2.25 bits per heavy atom. The predicted molar refractivity (Wildman–Crippen MR) is 159 cm³/mol. The van der Waals surface area contributed by atoms with E-state index in [2.05, 4.69) is 10.4 Å². The summed E-state index contributed by atoms with van der Waals surface area (Å²) in [6, 6.07) is 27.7. The van der Waals surface area contributed by atoms with Crippen LogP contribution in [0.2, 0.25) is 5.15 Å². The highest BCUT2D eigenvalue weighted by molar-refractivity contribution is 7.07. The minimum absolute atomic E-state index is 0.252. The fraction of sp³-hybridized carbons (Fsp3) is 0.0968. The van der Waals surface area contributed by atoms with Crippen molar-refractivity contribution in [3.8, 4) is 5.69 Å². The number of para-hydroxylation sites is 2. The largest absolute Gasteiger partial charge is 0.322 e. The summed E-state index contributed by atoms with van der Waals surface area (Å²) in [6.07, 6.45) is 1.76. The van der Waals surface area contributed by atoms with Crippen molar-refractivity contribution < 1.29 is 4.79 Å². The van der Waals surface area contributed by atoms with Crippen molar-refractivity contribution in [2.75, 3.05) is 5.32 Å². The van der Waals surface area contributed by atoms with E-state index in [0.717, 1.165) is 11.3 Å². The summed E-state index contributed by atoms with van der Waals surface area (Å²) in [5, 5.41) is 7.98. The molecular formula is C31H24ClN5O2S. The number of fused-ring (bicyclic) bond motifs is 1. The predicted octanol–water partition coefficient (Wildman–Crippen LogP) is 5.02. The standard InChI is InChI=1S/C31H24ClN5O2S/c1-19-24(28(32)37(35-19)23-16-10-5-11-17-23)18-25-30(39)36-27(21-12-6-3-7-13-21)26(20(2)33-31(36)40-25)29(38)34-22-14-8-4-9-15-22/h3-18,27H,1-2H3,(H,34,38)/t27-/m0/s1. The average Bonchev–Trinajstić information content (AvgIpc) is 3.43. The molecule has 0 unspecified atom stereocenters. The third-order valence-electron chi connectivity index (χ3n) is 6.74. The summed E-state index contributed by atoms with van der Waals surface area (Å²) in [5.74, 6) is -0.307. The highest BCUT2D eigenvalue weighted by Gasteiger charge is 2.32. The highest BCUT2D eigenvalue weighted by atomic mass is 35.5. The lowest BCUT2D eigenvalue weighted by atomic mass is 9.95. The van der Waals surface area contributed by atoms with Crippen LogP contribution in [-0.2, 0) is 4.79 Å². The lowest BCUT2D eigenvalue weighted by Crippen LogP contribution is -2.40. The van der Waals surface area contributed by atoms with E-state index < -0.39 is 6.04 Å². The van der Waals surface area contributed by atoms with Crippen LogP contribution in [0.4, 0.5) is 5.69 Å². The Bertz CT molecular complexity index is 1940. The maximum Gasteiger partial charge on any atom is 0.271 e. The molecule has 0 aliphatic carbocycles. The average molecular weight is 566 g/mol. The van der Waals surface area contributed by atoms with E-state index in [-0.39, 0.29) is 11.5 Å². The molecule has 0 bridgehead atoms. The molecule has 1 amide bonds. The topological polar surface area (TPSA) is 81.3 Å². The second kappa shape index (κ2) is 10.6. The van der Waals surface area contributed by atoms with Crippen molar-refractivity contribution >= 4 is 40.6 Å². The van der Waals surface area contributed by atoms with Gasteiger partial charge in [0.15, 0.2) is 4.80 Å². The number of carbonyl (C=O) groups excluding carboxylic acids is 1. The molecule has 1 atom stereocenters. The highest BCUT2D eigenvalue weighted by Crippen LogP contribution is 2.31. The van der Waals surface area contributed by atoms with Gasteiger partial charge in [-0.15, -0.1) is 0 Å². The van der Waals surface area contributed by atoms with E-state index in [1.54, 1.807) is 22.2 Å². The van der Waals surface area contributed by atoms with E-state index in [1.165, 1.54) is 11.3 Å². The third-order valence-corrected chi connectivity index (χ3v) is 8.08. The van der Waals surface area contributed by atoms with Crippen LogP contribution >= 0.6 is 22.9 Å². The first-order valence-corrected chi connectivity index (χ1v) is 13.9. The van der Waals surface area contributed by atoms with Gasteiger partial charge in [-0.05, 0) is 49.8 Å². The molecular weight excluding hydrogens is 542 g/mol. The first-order valence-electron chi connectivity index (χ1n) is 12.7. The number of rotatable bonds is 5. The molecule has 0 saturated heterocycles. The Balaban J connectivity index is 1.49. The van der Waals surface area contributed by atoms with Crippen molar-refractivity contribution in [3.63, 3.8) is 0 Å². The van der Waals surface area contributed by atoms with Crippen LogP contribution in [0.15, 0.2) is 112 Å². The minimum Gasteiger partial charge on any atom is -0.322 e. The van der Waals surface area contributed by atoms with Gasteiger partial charge in [-0.1, -0.05) is 89.7 Å². The maximum absolute atomic E-state index is 14.0. The van der Waals surface area contributed by atoms with Gasteiger partial charge < -0.3 is 5.32 Å². The number of nitrogens with one attached hydrogen (secondary N) is 1. The van der Waals surface area contributed by atoms with E-state index in [4.69, 9.17) is 16.6 Å². The number of benzene rings is 3. The molecule has 3 aromatic carbocycles. The van der Waals surface area contributed by atoms with Crippen LogP contribution in [0.25, 0.3) is 11.8 Å². The second-order valence-electron chi connectivity index (χ2n) is 9.35. The van der Waals surface area contributed by atoms with Crippen LogP contribution in [0.5, 0.6) is 0 Å². The Morgan fingerprint density at radius 1 is 0.950 bits per heavy atom. The van der Waals surface area contributed by atoms with Crippen molar-refractivity contribution in [2.24, 2.45) is 4.99 Å². The van der Waals surface area contributed by atoms with Crippen LogP contribution in [0.3, 0.4) is 0 Å². The zero-order valence-electron chi connectivity index (χ0n) is 21.7. The Hall–Kier alpha value is -4.53. The number of hydrogen-bond donors (Lipinski definition) is 1. The molecule has 0 saturated carbocycles. The summed E-state index contributed by atoms with van der Waals surface area (Å²) in [7, 11) is 0. The molecule has 3 heterocycles. The van der Waals surface area contributed by atoms with Crippen LogP contribution in [0.1, 0.15) is 29.8 Å². The van der Waals surface area contributed by atoms with Crippen molar-refractivity contribution in [3.05, 3.63) is 144 Å². The molecule has 1 N–H and O–H groups in total. The van der Waals surface area contributed by atoms with Crippen molar-refractivity contribution in [1.82, 2.24) is 14.3 Å². The lowest BCUT2D eigenvalue weighted by Gasteiger charge is -2.25. The number of amides is 1. The Morgan fingerprint density at radius 2 is 1.57 bits per heavy atom. The van der Waals surface area contributed by atoms with Crippen molar-refractivity contribution in [1.29, 1.82) is 0 Å². The number of thiazole rings is 1. The molecule has 2 aromatic heterocycles. The fourth-order valence-corrected chi connectivity index (χ4v) is 6.18. The van der Waals surface area contributed by atoms with Crippen molar-refractivity contribution in [2.45, 2.75) is 19.9 Å². The minimum atomic E-state index is -0.646. The van der Waals surface area contributed by atoms with Gasteiger partial charge in [0.25, 0.3) is 11.5 Å². The molecule has 0 radical (unpaired) electrons. The molecule has 7 nitrogen and oxygen atoms in total. The quantitative estimate of drug-likeness (QED) is 0.325.